The van der Waals surface area contributed by atoms with Crippen LogP contribution in [0.4, 0.5) is 0 Å². The average Bonchev–Trinajstić information content (AvgIpc) is 2.52. The molecule has 22 heavy (non-hydrogen) atoms. The molecule has 1 heterocycles. The summed E-state index contributed by atoms with van der Waals surface area (Å²) >= 11 is 7.24. The minimum absolute atomic E-state index is 0.112. The zero-order valence-electron chi connectivity index (χ0n) is 12.7. The summed E-state index contributed by atoms with van der Waals surface area (Å²) in [6.07, 6.45) is 1.60. The zero-order valence-corrected chi connectivity index (χ0v) is 14.3. The summed E-state index contributed by atoms with van der Waals surface area (Å²) in [7, 11) is 0. The normalized spacial score (nSPS) is 10.7. The predicted octanol–water partition coefficient (Wildman–Crippen LogP) is 4.26. The molecule has 0 saturated carbocycles. The first-order valence-electron chi connectivity index (χ1n) is 7.14. The highest BCUT2D eigenvalue weighted by Crippen LogP contribution is 2.19. The number of carbonyl (C=O) groups is 1. The maximum absolute atomic E-state index is 12.5. The molecule has 1 aromatic carbocycles. The number of amides is 1. The molecule has 116 valence electrons. The average molecular weight is 335 g/mol. The van der Waals surface area contributed by atoms with E-state index in [1.54, 1.807) is 12.3 Å². The van der Waals surface area contributed by atoms with Crippen molar-refractivity contribution in [1.82, 2.24) is 9.88 Å². The number of nitrogens with zero attached hydrogens (tertiary/aromatic N) is 2. The van der Waals surface area contributed by atoms with Crippen LogP contribution in [-0.2, 0) is 11.3 Å². The largest absolute Gasteiger partial charge is 0.335 e. The molecule has 2 rings (SSSR count). The standard InChI is InChI=1S/C17H19ClN2OS/c1-13(2)20(11-14-6-4-3-5-7-14)17(21)12-22-16-9-8-15(18)10-19-16/h3-10,13H,11-12H2,1-2H3. The van der Waals surface area contributed by atoms with Crippen LogP contribution < -0.4 is 0 Å². The number of hydrogen-bond acceptors (Lipinski definition) is 3. The minimum atomic E-state index is 0.112. The highest BCUT2D eigenvalue weighted by molar-refractivity contribution is 7.99. The molecule has 0 bridgehead atoms. The first-order chi connectivity index (χ1) is 10.6. The lowest BCUT2D eigenvalue weighted by molar-refractivity contribution is -0.130. The summed E-state index contributed by atoms with van der Waals surface area (Å²) in [6.45, 7) is 4.70. The second-order valence-corrected chi connectivity index (χ2v) is 6.64. The molecule has 0 radical (unpaired) electrons. The second kappa shape index (κ2) is 8.20. The third kappa shape index (κ3) is 5.04. The van der Waals surface area contributed by atoms with Gasteiger partial charge in [-0.15, -0.1) is 0 Å². The number of hydrogen-bond donors (Lipinski definition) is 0. The van der Waals surface area contributed by atoms with Gasteiger partial charge in [-0.3, -0.25) is 4.79 Å². The molecule has 1 aromatic heterocycles. The quantitative estimate of drug-likeness (QED) is 0.740. The van der Waals surface area contributed by atoms with E-state index in [4.69, 9.17) is 11.6 Å². The number of thioether (sulfide) groups is 1. The molecule has 3 nitrogen and oxygen atoms in total. The number of pyridine rings is 1. The molecule has 2 aromatic rings. The van der Waals surface area contributed by atoms with Gasteiger partial charge in [-0.25, -0.2) is 4.98 Å². The van der Waals surface area contributed by atoms with E-state index < -0.39 is 0 Å². The third-order valence-corrected chi connectivity index (χ3v) is 4.34. The molecule has 0 aliphatic carbocycles. The van der Waals surface area contributed by atoms with Gasteiger partial charge in [0.2, 0.25) is 5.91 Å². The van der Waals surface area contributed by atoms with Crippen LogP contribution in [0, 0.1) is 0 Å². The van der Waals surface area contributed by atoms with Crippen LogP contribution in [0.2, 0.25) is 5.02 Å². The van der Waals surface area contributed by atoms with Gasteiger partial charge in [-0.2, -0.15) is 0 Å². The third-order valence-electron chi connectivity index (χ3n) is 3.18. The van der Waals surface area contributed by atoms with Crippen LogP contribution in [0.25, 0.3) is 0 Å². The fraction of sp³-hybridized carbons (Fsp3) is 0.294. The number of halogens is 1. The Balaban J connectivity index is 1.96. The lowest BCUT2D eigenvalue weighted by atomic mass is 10.2. The summed E-state index contributed by atoms with van der Waals surface area (Å²) in [5.74, 6) is 0.486. The van der Waals surface area contributed by atoms with Crippen molar-refractivity contribution in [2.45, 2.75) is 31.5 Å². The number of rotatable bonds is 6. The van der Waals surface area contributed by atoms with Crippen molar-refractivity contribution >= 4 is 29.3 Å². The molecule has 0 spiro atoms. The Bertz CT molecular complexity index is 602. The maximum Gasteiger partial charge on any atom is 0.233 e. The number of aromatic nitrogens is 1. The van der Waals surface area contributed by atoms with E-state index in [0.717, 1.165) is 10.6 Å². The van der Waals surface area contributed by atoms with Crippen molar-refractivity contribution in [3.8, 4) is 0 Å². The predicted molar refractivity (Wildman–Crippen MR) is 92.1 cm³/mol. The van der Waals surface area contributed by atoms with Gasteiger partial charge in [0.05, 0.1) is 15.8 Å². The molecule has 0 N–H and O–H groups in total. The van der Waals surface area contributed by atoms with Crippen LogP contribution >= 0.6 is 23.4 Å². The van der Waals surface area contributed by atoms with Crippen molar-refractivity contribution in [3.63, 3.8) is 0 Å². The molecule has 5 heteroatoms. The van der Waals surface area contributed by atoms with Crippen LogP contribution in [0.5, 0.6) is 0 Å². The van der Waals surface area contributed by atoms with Gasteiger partial charge in [0, 0.05) is 18.8 Å². The summed E-state index contributed by atoms with van der Waals surface area (Å²) in [5, 5.41) is 1.41. The van der Waals surface area contributed by atoms with Crippen LogP contribution in [0.3, 0.4) is 0 Å². The second-order valence-electron chi connectivity index (χ2n) is 5.20. The van der Waals surface area contributed by atoms with E-state index in [2.05, 4.69) is 4.98 Å². The van der Waals surface area contributed by atoms with Crippen molar-refractivity contribution in [2.24, 2.45) is 0 Å². The van der Waals surface area contributed by atoms with Crippen molar-refractivity contribution < 1.29 is 4.79 Å². The molecule has 0 saturated heterocycles. The SMILES string of the molecule is CC(C)N(Cc1ccccc1)C(=O)CSc1ccc(Cl)cn1. The smallest absolute Gasteiger partial charge is 0.233 e. The van der Waals surface area contributed by atoms with E-state index in [9.17, 15) is 4.79 Å². The zero-order chi connectivity index (χ0) is 15.9. The van der Waals surface area contributed by atoms with E-state index in [0.29, 0.717) is 17.3 Å². The maximum atomic E-state index is 12.5. The van der Waals surface area contributed by atoms with Crippen molar-refractivity contribution in [3.05, 3.63) is 59.2 Å². The minimum Gasteiger partial charge on any atom is -0.335 e. The summed E-state index contributed by atoms with van der Waals surface area (Å²) < 4.78 is 0. The summed E-state index contributed by atoms with van der Waals surface area (Å²) in [4.78, 5) is 18.6. The van der Waals surface area contributed by atoms with E-state index in [1.165, 1.54) is 11.8 Å². The highest BCUT2D eigenvalue weighted by atomic mass is 35.5. The summed E-state index contributed by atoms with van der Waals surface area (Å²) in [6, 6.07) is 13.8. The Hall–Kier alpha value is -1.52. The van der Waals surface area contributed by atoms with E-state index in [1.807, 2.05) is 55.1 Å². The highest BCUT2D eigenvalue weighted by Gasteiger charge is 2.17. The Labute approximate surface area is 140 Å². The van der Waals surface area contributed by atoms with E-state index >= 15 is 0 Å². The fourth-order valence-electron chi connectivity index (χ4n) is 2.01. The summed E-state index contributed by atoms with van der Waals surface area (Å²) in [5.41, 5.74) is 1.14. The Morgan fingerprint density at radius 2 is 1.95 bits per heavy atom. The van der Waals surface area contributed by atoms with Crippen LogP contribution in [0.1, 0.15) is 19.4 Å². The van der Waals surface area contributed by atoms with Gasteiger partial charge >= 0.3 is 0 Å². The van der Waals surface area contributed by atoms with Gasteiger partial charge in [-0.05, 0) is 31.5 Å². The Kier molecular flexibility index (Phi) is 6.28. The Morgan fingerprint density at radius 3 is 2.55 bits per heavy atom. The monoisotopic (exact) mass is 334 g/mol. The van der Waals surface area contributed by atoms with Gasteiger partial charge in [0.25, 0.3) is 0 Å². The number of benzene rings is 1. The van der Waals surface area contributed by atoms with Crippen LogP contribution in [-0.4, -0.2) is 27.6 Å². The van der Waals surface area contributed by atoms with Gasteiger partial charge in [-0.1, -0.05) is 53.7 Å². The topological polar surface area (TPSA) is 33.2 Å². The molecule has 0 aliphatic rings. The molecular weight excluding hydrogens is 316 g/mol. The lowest BCUT2D eigenvalue weighted by Gasteiger charge is -2.26. The molecule has 0 atom stereocenters. The van der Waals surface area contributed by atoms with E-state index in [-0.39, 0.29) is 11.9 Å². The van der Waals surface area contributed by atoms with Gasteiger partial charge in [0.1, 0.15) is 0 Å². The van der Waals surface area contributed by atoms with Crippen molar-refractivity contribution in [1.29, 1.82) is 0 Å². The van der Waals surface area contributed by atoms with Crippen LogP contribution in [0.15, 0.2) is 53.7 Å². The van der Waals surface area contributed by atoms with Crippen molar-refractivity contribution in [2.75, 3.05) is 5.75 Å². The molecule has 0 fully saturated rings. The first kappa shape index (κ1) is 16.8. The molecule has 0 aliphatic heterocycles. The first-order valence-corrected chi connectivity index (χ1v) is 8.50. The number of carbonyl (C=O) groups excluding carboxylic acids is 1. The fourth-order valence-corrected chi connectivity index (χ4v) is 2.85. The molecule has 0 unspecified atom stereocenters. The van der Waals surface area contributed by atoms with Gasteiger partial charge in [0.15, 0.2) is 0 Å². The molecule has 1 amide bonds. The lowest BCUT2D eigenvalue weighted by Crippen LogP contribution is -2.37. The Morgan fingerprint density at radius 1 is 1.23 bits per heavy atom. The van der Waals surface area contributed by atoms with Gasteiger partial charge < -0.3 is 4.90 Å². The molecular formula is C17H19ClN2OS.